The second-order valence-electron chi connectivity index (χ2n) is 6.84. The van der Waals surface area contributed by atoms with Gasteiger partial charge >= 0.3 is 0 Å². The summed E-state index contributed by atoms with van der Waals surface area (Å²) in [4.78, 5) is 5.94. The molecule has 2 aromatic heterocycles. The third-order valence-electron chi connectivity index (χ3n) is 5.04. The van der Waals surface area contributed by atoms with Crippen LogP contribution in [0.1, 0.15) is 17.0 Å². The molecule has 0 saturated carbocycles. The third kappa shape index (κ3) is 3.12. The first-order valence-corrected chi connectivity index (χ1v) is 9.60. The maximum absolute atomic E-state index is 6.26. The fourth-order valence-electron chi connectivity index (χ4n) is 3.76. The van der Waals surface area contributed by atoms with E-state index in [0.717, 1.165) is 37.4 Å². The molecule has 1 N–H and O–H groups in total. The predicted molar refractivity (Wildman–Crippen MR) is 107 cm³/mol. The quantitative estimate of drug-likeness (QED) is 0.548. The molecular formula is C20H17Cl2N5. The summed E-state index contributed by atoms with van der Waals surface area (Å²) in [5, 5.41) is 11.1. The number of para-hydroxylation sites is 1. The van der Waals surface area contributed by atoms with Gasteiger partial charge in [0, 0.05) is 41.3 Å². The van der Waals surface area contributed by atoms with Gasteiger partial charge in [-0.3, -0.25) is 4.90 Å². The molecule has 0 radical (unpaired) electrons. The van der Waals surface area contributed by atoms with Gasteiger partial charge in [-0.25, -0.2) is 4.68 Å². The Kier molecular flexibility index (Phi) is 4.16. The van der Waals surface area contributed by atoms with Crippen LogP contribution in [0.4, 0.5) is 0 Å². The number of nitrogens with one attached hydrogen (secondary N) is 1. The van der Waals surface area contributed by atoms with Gasteiger partial charge in [-0.1, -0.05) is 46.6 Å². The van der Waals surface area contributed by atoms with Gasteiger partial charge in [0.2, 0.25) is 0 Å². The van der Waals surface area contributed by atoms with Crippen LogP contribution in [-0.2, 0) is 19.5 Å². The number of nitrogens with zero attached hydrogens (tertiary/aromatic N) is 4. The first kappa shape index (κ1) is 16.8. The number of aromatic nitrogens is 4. The standard InChI is InChI=1S/C20H17Cl2N5/c21-13-5-6-17(22)20(9-13)27-11-14(24-25-27)10-26-8-7-16-15-3-1-2-4-18(15)23-19(16)12-26/h1-6,9,11,23H,7-8,10,12H2. The van der Waals surface area contributed by atoms with E-state index in [1.165, 1.54) is 22.2 Å². The summed E-state index contributed by atoms with van der Waals surface area (Å²) in [6.07, 6.45) is 2.95. The summed E-state index contributed by atoms with van der Waals surface area (Å²) in [6.45, 7) is 2.63. The number of hydrogen-bond acceptors (Lipinski definition) is 3. The van der Waals surface area contributed by atoms with Crippen molar-refractivity contribution in [2.75, 3.05) is 6.54 Å². The van der Waals surface area contributed by atoms with Gasteiger partial charge in [-0.05, 0) is 36.2 Å². The van der Waals surface area contributed by atoms with Crippen molar-refractivity contribution in [3.63, 3.8) is 0 Å². The highest BCUT2D eigenvalue weighted by Gasteiger charge is 2.21. The van der Waals surface area contributed by atoms with Gasteiger partial charge in [0.15, 0.2) is 0 Å². The minimum Gasteiger partial charge on any atom is -0.357 e. The van der Waals surface area contributed by atoms with Gasteiger partial charge in [-0.2, -0.15) is 0 Å². The van der Waals surface area contributed by atoms with Crippen LogP contribution < -0.4 is 0 Å². The Hall–Kier alpha value is -2.34. The molecule has 5 nitrogen and oxygen atoms in total. The minimum absolute atomic E-state index is 0.594. The van der Waals surface area contributed by atoms with E-state index in [0.29, 0.717) is 10.0 Å². The van der Waals surface area contributed by atoms with Crippen molar-refractivity contribution in [2.24, 2.45) is 0 Å². The van der Waals surface area contributed by atoms with Gasteiger partial charge in [-0.15, -0.1) is 5.10 Å². The lowest BCUT2D eigenvalue weighted by Gasteiger charge is -2.25. The number of rotatable bonds is 3. The van der Waals surface area contributed by atoms with E-state index in [9.17, 15) is 0 Å². The summed E-state index contributed by atoms with van der Waals surface area (Å²) in [5.41, 5.74) is 5.60. The zero-order chi connectivity index (χ0) is 18.4. The number of hydrogen-bond donors (Lipinski definition) is 1. The number of benzene rings is 2. The Labute approximate surface area is 166 Å². The largest absolute Gasteiger partial charge is 0.357 e. The topological polar surface area (TPSA) is 49.7 Å². The monoisotopic (exact) mass is 397 g/mol. The van der Waals surface area contributed by atoms with Gasteiger partial charge in [0.1, 0.15) is 0 Å². The normalized spacial score (nSPS) is 14.6. The SMILES string of the molecule is Clc1ccc(Cl)c(-n2cc(CN3CCc4c([nH]c5ccccc45)C3)nn2)c1. The summed E-state index contributed by atoms with van der Waals surface area (Å²) < 4.78 is 1.68. The molecule has 5 rings (SSSR count). The molecular weight excluding hydrogens is 381 g/mol. The fraction of sp³-hybridized carbons (Fsp3) is 0.200. The van der Waals surface area contributed by atoms with Crippen molar-refractivity contribution in [3.8, 4) is 5.69 Å². The molecule has 0 spiro atoms. The van der Waals surface area contributed by atoms with Gasteiger partial charge in [0.05, 0.1) is 22.6 Å². The lowest BCUT2D eigenvalue weighted by molar-refractivity contribution is 0.240. The highest BCUT2D eigenvalue weighted by molar-refractivity contribution is 6.34. The Bertz CT molecular complexity index is 1130. The Morgan fingerprint density at radius 2 is 2.00 bits per heavy atom. The van der Waals surface area contributed by atoms with Crippen LogP contribution in [-0.4, -0.2) is 31.4 Å². The van der Waals surface area contributed by atoms with E-state index in [1.54, 1.807) is 22.9 Å². The maximum atomic E-state index is 6.26. The molecule has 0 bridgehead atoms. The molecule has 0 saturated heterocycles. The fourth-order valence-corrected chi connectivity index (χ4v) is 4.13. The molecule has 0 atom stereocenters. The van der Waals surface area contributed by atoms with Crippen LogP contribution in [0.15, 0.2) is 48.7 Å². The van der Waals surface area contributed by atoms with Gasteiger partial charge in [0.25, 0.3) is 0 Å². The van der Waals surface area contributed by atoms with E-state index in [2.05, 4.69) is 44.5 Å². The lowest BCUT2D eigenvalue weighted by atomic mass is 10.0. The van der Waals surface area contributed by atoms with E-state index in [1.807, 2.05) is 6.20 Å². The predicted octanol–water partition coefficient (Wildman–Crippen LogP) is 4.61. The number of H-pyrrole nitrogens is 1. The molecule has 0 fully saturated rings. The van der Waals surface area contributed by atoms with Crippen molar-refractivity contribution in [1.29, 1.82) is 0 Å². The second-order valence-corrected chi connectivity index (χ2v) is 7.68. The van der Waals surface area contributed by atoms with Crippen molar-refractivity contribution in [2.45, 2.75) is 19.5 Å². The van der Waals surface area contributed by atoms with E-state index in [-0.39, 0.29) is 0 Å². The number of halogens is 2. The van der Waals surface area contributed by atoms with Crippen LogP contribution in [0.3, 0.4) is 0 Å². The Morgan fingerprint density at radius 1 is 1.11 bits per heavy atom. The summed E-state index contributed by atoms with van der Waals surface area (Å²) in [7, 11) is 0. The first-order valence-electron chi connectivity index (χ1n) is 8.85. The Morgan fingerprint density at radius 3 is 2.93 bits per heavy atom. The maximum Gasteiger partial charge on any atom is 0.0972 e. The van der Waals surface area contributed by atoms with Crippen molar-refractivity contribution < 1.29 is 0 Å². The van der Waals surface area contributed by atoms with Crippen LogP contribution >= 0.6 is 23.2 Å². The van der Waals surface area contributed by atoms with Gasteiger partial charge < -0.3 is 4.98 Å². The zero-order valence-corrected chi connectivity index (χ0v) is 16.0. The summed E-state index contributed by atoms with van der Waals surface area (Å²) >= 11 is 12.3. The van der Waals surface area contributed by atoms with Crippen molar-refractivity contribution in [3.05, 3.63) is 75.7 Å². The molecule has 0 unspecified atom stereocenters. The minimum atomic E-state index is 0.594. The van der Waals surface area contributed by atoms with Crippen LogP contribution in [0.25, 0.3) is 16.6 Å². The van der Waals surface area contributed by atoms with Crippen LogP contribution in [0.5, 0.6) is 0 Å². The average Bonchev–Trinajstić information content (AvgIpc) is 3.27. The smallest absolute Gasteiger partial charge is 0.0972 e. The lowest BCUT2D eigenvalue weighted by Crippen LogP contribution is -2.30. The molecule has 1 aliphatic rings. The van der Waals surface area contributed by atoms with Crippen LogP contribution in [0.2, 0.25) is 10.0 Å². The molecule has 1 aliphatic heterocycles. The first-order chi connectivity index (χ1) is 13.2. The molecule has 136 valence electrons. The summed E-state index contributed by atoms with van der Waals surface area (Å²) in [6, 6.07) is 13.8. The van der Waals surface area contributed by atoms with E-state index < -0.39 is 0 Å². The molecule has 0 amide bonds. The molecule has 2 aromatic carbocycles. The molecule has 3 heterocycles. The van der Waals surface area contributed by atoms with E-state index >= 15 is 0 Å². The molecule has 27 heavy (non-hydrogen) atoms. The molecule has 4 aromatic rings. The Balaban J connectivity index is 1.36. The third-order valence-corrected chi connectivity index (χ3v) is 5.60. The van der Waals surface area contributed by atoms with E-state index in [4.69, 9.17) is 23.2 Å². The zero-order valence-electron chi connectivity index (χ0n) is 14.5. The number of aromatic amines is 1. The molecule has 7 heteroatoms. The average molecular weight is 398 g/mol. The van der Waals surface area contributed by atoms with Crippen molar-refractivity contribution >= 4 is 34.1 Å². The van der Waals surface area contributed by atoms with Crippen molar-refractivity contribution in [1.82, 2.24) is 24.9 Å². The summed E-state index contributed by atoms with van der Waals surface area (Å²) in [5.74, 6) is 0. The van der Waals surface area contributed by atoms with Crippen LogP contribution in [0, 0.1) is 0 Å². The number of fused-ring (bicyclic) bond motifs is 3. The highest BCUT2D eigenvalue weighted by Crippen LogP contribution is 2.28. The highest BCUT2D eigenvalue weighted by atomic mass is 35.5. The molecule has 0 aliphatic carbocycles. The second kappa shape index (κ2) is 6.68.